The minimum Gasteiger partial charge on any atom is -0.378 e. The van der Waals surface area contributed by atoms with Crippen molar-refractivity contribution in [1.82, 2.24) is 15.0 Å². The van der Waals surface area contributed by atoms with Gasteiger partial charge in [0.1, 0.15) is 27.8 Å². The van der Waals surface area contributed by atoms with Gasteiger partial charge in [-0.05, 0) is 18.4 Å². The zero-order valence-corrected chi connectivity index (χ0v) is 15.8. The Morgan fingerprint density at radius 3 is 2.92 bits per heavy atom. The number of rotatable bonds is 4. The number of carbonyl (C=O) groups excluding carboxylic acids is 1. The summed E-state index contributed by atoms with van der Waals surface area (Å²) in [6, 6.07) is 5.77. The predicted octanol–water partition coefficient (Wildman–Crippen LogP) is 3.06. The van der Waals surface area contributed by atoms with E-state index in [0.29, 0.717) is 23.9 Å². The number of nitrogens with one attached hydrogen (secondary N) is 1. The summed E-state index contributed by atoms with van der Waals surface area (Å²) >= 11 is 3.01. The van der Waals surface area contributed by atoms with Crippen LogP contribution in [0.4, 0.5) is 11.6 Å². The Kier molecular flexibility index (Phi) is 4.91. The van der Waals surface area contributed by atoms with Gasteiger partial charge in [0.15, 0.2) is 0 Å². The summed E-state index contributed by atoms with van der Waals surface area (Å²) in [6.45, 7) is 4.77. The third-order valence-corrected chi connectivity index (χ3v) is 6.16. The molecule has 134 valence electrons. The molecule has 1 saturated heterocycles. The molecule has 0 aliphatic carbocycles. The molecule has 0 aromatic carbocycles. The lowest BCUT2D eigenvalue weighted by Gasteiger charge is -2.27. The van der Waals surface area contributed by atoms with E-state index in [9.17, 15) is 4.79 Å². The second kappa shape index (κ2) is 7.48. The molecule has 3 aromatic rings. The molecule has 1 aliphatic heterocycles. The first-order chi connectivity index (χ1) is 12.7. The van der Waals surface area contributed by atoms with E-state index in [1.54, 1.807) is 17.4 Å². The van der Waals surface area contributed by atoms with Crippen molar-refractivity contribution in [3.05, 3.63) is 40.5 Å². The number of aryl methyl sites for hydroxylation is 1. The molecule has 0 bridgehead atoms. The zero-order valence-electron chi connectivity index (χ0n) is 14.1. The lowest BCUT2D eigenvalue weighted by Crippen LogP contribution is -2.36. The van der Waals surface area contributed by atoms with Crippen LogP contribution >= 0.6 is 22.7 Å². The van der Waals surface area contributed by atoms with E-state index in [4.69, 9.17) is 4.74 Å². The van der Waals surface area contributed by atoms with Crippen molar-refractivity contribution in [2.45, 2.75) is 6.92 Å². The molecule has 26 heavy (non-hydrogen) atoms. The number of morpholine rings is 1. The second-order valence-corrected chi connectivity index (χ2v) is 7.67. The molecule has 4 heterocycles. The predicted molar refractivity (Wildman–Crippen MR) is 103 cm³/mol. The number of ether oxygens (including phenoxy) is 1. The first-order valence-electron chi connectivity index (χ1n) is 8.18. The van der Waals surface area contributed by atoms with Crippen LogP contribution < -0.4 is 10.2 Å². The van der Waals surface area contributed by atoms with Gasteiger partial charge in [-0.25, -0.2) is 15.0 Å². The van der Waals surface area contributed by atoms with Crippen LogP contribution in [0.15, 0.2) is 29.9 Å². The Bertz CT molecular complexity index is 904. The fourth-order valence-corrected chi connectivity index (χ4v) is 4.42. The van der Waals surface area contributed by atoms with Gasteiger partial charge in [-0.15, -0.1) is 22.7 Å². The molecule has 0 unspecified atom stereocenters. The van der Waals surface area contributed by atoms with Crippen molar-refractivity contribution in [3.8, 4) is 9.88 Å². The highest BCUT2D eigenvalue weighted by Crippen LogP contribution is 2.31. The van der Waals surface area contributed by atoms with Crippen LogP contribution in [-0.4, -0.2) is 47.2 Å². The summed E-state index contributed by atoms with van der Waals surface area (Å²) in [5.41, 5.74) is 0.721. The Morgan fingerprint density at radius 2 is 2.15 bits per heavy atom. The molecule has 3 aromatic heterocycles. The van der Waals surface area contributed by atoms with Gasteiger partial charge in [0.2, 0.25) is 0 Å². The van der Waals surface area contributed by atoms with E-state index in [1.165, 1.54) is 17.7 Å². The number of anilines is 2. The molecule has 0 radical (unpaired) electrons. The van der Waals surface area contributed by atoms with Gasteiger partial charge in [-0.2, -0.15) is 0 Å². The van der Waals surface area contributed by atoms with E-state index in [-0.39, 0.29) is 5.91 Å². The van der Waals surface area contributed by atoms with E-state index < -0.39 is 0 Å². The van der Waals surface area contributed by atoms with Crippen molar-refractivity contribution in [3.63, 3.8) is 0 Å². The average molecular weight is 387 g/mol. The van der Waals surface area contributed by atoms with Crippen LogP contribution in [0.1, 0.15) is 15.4 Å². The highest BCUT2D eigenvalue weighted by Gasteiger charge is 2.18. The lowest BCUT2D eigenvalue weighted by molar-refractivity contribution is 0.102. The standard InChI is InChI=1S/C17H17N5O2S2/c1-11-15(26-17(20-11)12-3-2-8-25-12)16(23)21-13-9-14(19-10-18-13)22-4-6-24-7-5-22/h2-3,8-10H,4-7H2,1H3,(H,18,19,21,23). The summed E-state index contributed by atoms with van der Waals surface area (Å²) in [5, 5.41) is 5.72. The van der Waals surface area contributed by atoms with E-state index >= 15 is 0 Å². The fraction of sp³-hybridized carbons (Fsp3) is 0.294. The van der Waals surface area contributed by atoms with Crippen LogP contribution in [0.25, 0.3) is 9.88 Å². The largest absolute Gasteiger partial charge is 0.378 e. The summed E-state index contributed by atoms with van der Waals surface area (Å²) in [6.07, 6.45) is 1.47. The third kappa shape index (κ3) is 3.59. The van der Waals surface area contributed by atoms with Crippen LogP contribution in [0.2, 0.25) is 0 Å². The average Bonchev–Trinajstić information content (AvgIpc) is 3.32. The first-order valence-corrected chi connectivity index (χ1v) is 9.88. The first kappa shape index (κ1) is 17.1. The maximum Gasteiger partial charge on any atom is 0.268 e. The number of amides is 1. The molecule has 1 fully saturated rings. The molecule has 0 spiro atoms. The third-order valence-electron chi connectivity index (χ3n) is 3.96. The highest BCUT2D eigenvalue weighted by molar-refractivity contribution is 7.22. The summed E-state index contributed by atoms with van der Waals surface area (Å²) in [4.78, 5) is 29.4. The van der Waals surface area contributed by atoms with Gasteiger partial charge >= 0.3 is 0 Å². The Balaban J connectivity index is 1.51. The molecule has 4 rings (SSSR count). The maximum absolute atomic E-state index is 12.7. The Morgan fingerprint density at radius 1 is 1.31 bits per heavy atom. The van der Waals surface area contributed by atoms with Gasteiger partial charge in [0.05, 0.1) is 23.8 Å². The molecule has 7 nitrogen and oxygen atoms in total. The summed E-state index contributed by atoms with van der Waals surface area (Å²) < 4.78 is 5.36. The van der Waals surface area contributed by atoms with Gasteiger partial charge < -0.3 is 15.0 Å². The van der Waals surface area contributed by atoms with Crippen molar-refractivity contribution in [1.29, 1.82) is 0 Å². The quantitative estimate of drug-likeness (QED) is 0.741. The topological polar surface area (TPSA) is 80.2 Å². The molecule has 1 amide bonds. The molecule has 0 saturated carbocycles. The molecule has 0 atom stereocenters. The van der Waals surface area contributed by atoms with Gasteiger partial charge in [0.25, 0.3) is 5.91 Å². The molecule has 1 N–H and O–H groups in total. The van der Waals surface area contributed by atoms with E-state index in [0.717, 1.165) is 34.5 Å². The molecule has 9 heteroatoms. The van der Waals surface area contributed by atoms with Gasteiger partial charge in [0, 0.05) is 19.2 Å². The minimum atomic E-state index is -0.200. The second-order valence-electron chi connectivity index (χ2n) is 5.73. The summed E-state index contributed by atoms with van der Waals surface area (Å²) in [5.74, 6) is 1.07. The Labute approximate surface area is 158 Å². The molecule has 1 aliphatic rings. The monoisotopic (exact) mass is 387 g/mol. The zero-order chi connectivity index (χ0) is 17.9. The van der Waals surface area contributed by atoms with Crippen molar-refractivity contribution >= 4 is 40.2 Å². The maximum atomic E-state index is 12.7. The fourth-order valence-electron chi connectivity index (χ4n) is 2.67. The minimum absolute atomic E-state index is 0.200. The Hall–Kier alpha value is -2.36. The number of hydrogen-bond donors (Lipinski definition) is 1. The van der Waals surface area contributed by atoms with Crippen LogP contribution in [0, 0.1) is 6.92 Å². The molecular formula is C17H17N5O2S2. The molecular weight excluding hydrogens is 370 g/mol. The number of nitrogens with zero attached hydrogens (tertiary/aromatic N) is 4. The SMILES string of the molecule is Cc1nc(-c2cccs2)sc1C(=O)Nc1cc(N2CCOCC2)ncn1. The van der Waals surface area contributed by atoms with Crippen molar-refractivity contribution in [2.75, 3.05) is 36.5 Å². The van der Waals surface area contributed by atoms with E-state index in [2.05, 4.69) is 25.2 Å². The van der Waals surface area contributed by atoms with E-state index in [1.807, 2.05) is 24.4 Å². The van der Waals surface area contributed by atoms with Crippen LogP contribution in [0.3, 0.4) is 0 Å². The number of thiophene rings is 1. The highest BCUT2D eigenvalue weighted by atomic mass is 32.1. The van der Waals surface area contributed by atoms with Crippen molar-refractivity contribution < 1.29 is 9.53 Å². The number of thiazole rings is 1. The van der Waals surface area contributed by atoms with Crippen molar-refractivity contribution in [2.24, 2.45) is 0 Å². The smallest absolute Gasteiger partial charge is 0.268 e. The van der Waals surface area contributed by atoms with Gasteiger partial charge in [-0.1, -0.05) is 6.07 Å². The van der Waals surface area contributed by atoms with Crippen LogP contribution in [0.5, 0.6) is 0 Å². The van der Waals surface area contributed by atoms with Crippen LogP contribution in [-0.2, 0) is 4.74 Å². The summed E-state index contributed by atoms with van der Waals surface area (Å²) in [7, 11) is 0. The lowest BCUT2D eigenvalue weighted by atomic mass is 10.3. The normalized spacial score (nSPS) is 14.4. The number of carbonyl (C=O) groups is 1. The number of hydrogen-bond acceptors (Lipinski definition) is 8. The van der Waals surface area contributed by atoms with Gasteiger partial charge in [-0.3, -0.25) is 4.79 Å². The number of aromatic nitrogens is 3.